The smallest absolute Gasteiger partial charge is 0.323 e. The van der Waals surface area contributed by atoms with E-state index in [1.54, 1.807) is 36.4 Å². The monoisotopic (exact) mass is 352 g/mol. The van der Waals surface area contributed by atoms with Crippen molar-refractivity contribution in [1.82, 2.24) is 9.97 Å². The quantitative estimate of drug-likeness (QED) is 0.661. The first-order chi connectivity index (χ1) is 9.54. The molecule has 3 aromatic rings. The van der Waals surface area contributed by atoms with E-state index in [1.165, 1.54) is 0 Å². The second kappa shape index (κ2) is 5.09. The Morgan fingerprint density at radius 2 is 1.85 bits per heavy atom. The molecule has 0 aliphatic carbocycles. The molecule has 0 aliphatic rings. The molecule has 0 bridgehead atoms. The Kier molecular flexibility index (Phi) is 3.41. The molecule has 0 saturated carbocycles. The van der Waals surface area contributed by atoms with E-state index in [4.69, 9.17) is 11.6 Å². The summed E-state index contributed by atoms with van der Waals surface area (Å²) in [6.07, 6.45) is -0.828. The fraction of sp³-hybridized carbons (Fsp3) is 0.0714. The number of imidazole rings is 1. The van der Waals surface area contributed by atoms with Gasteiger partial charge >= 0.3 is 5.69 Å². The van der Waals surface area contributed by atoms with Gasteiger partial charge in [0.25, 0.3) is 0 Å². The van der Waals surface area contributed by atoms with Gasteiger partial charge in [-0.1, -0.05) is 33.6 Å². The van der Waals surface area contributed by atoms with Crippen LogP contribution in [0.5, 0.6) is 0 Å². The van der Waals surface area contributed by atoms with Gasteiger partial charge < -0.3 is 15.1 Å². The van der Waals surface area contributed by atoms with Crippen LogP contribution in [0.25, 0.3) is 11.0 Å². The van der Waals surface area contributed by atoms with Crippen molar-refractivity contribution >= 4 is 38.6 Å². The van der Waals surface area contributed by atoms with Crippen LogP contribution in [-0.2, 0) is 0 Å². The first-order valence-electron chi connectivity index (χ1n) is 5.89. The Bertz CT molecular complexity index is 841. The first-order valence-corrected chi connectivity index (χ1v) is 7.06. The van der Waals surface area contributed by atoms with Crippen molar-refractivity contribution < 1.29 is 5.11 Å². The van der Waals surface area contributed by atoms with E-state index in [0.717, 1.165) is 4.47 Å². The molecule has 0 radical (unpaired) electrons. The minimum absolute atomic E-state index is 0.268. The van der Waals surface area contributed by atoms with Crippen LogP contribution in [0.3, 0.4) is 0 Å². The normalized spacial score (nSPS) is 12.8. The number of hydrogen-bond donors (Lipinski definition) is 3. The minimum Gasteiger partial charge on any atom is -0.384 e. The highest BCUT2D eigenvalue weighted by atomic mass is 79.9. The molecular weight excluding hydrogens is 344 g/mol. The standard InChI is InChI=1S/C14H10BrClN2O2/c15-10-3-2-8(16)6-9(10)13(19)7-1-4-11-12(5-7)18-14(20)17-11/h1-6,13,19H,(H2,17,18,20). The Balaban J connectivity index is 2.09. The average Bonchev–Trinajstić information content (AvgIpc) is 2.79. The Labute approximate surface area is 127 Å². The van der Waals surface area contributed by atoms with Crippen molar-refractivity contribution in [3.63, 3.8) is 0 Å². The molecule has 4 nitrogen and oxygen atoms in total. The number of halogens is 2. The lowest BCUT2D eigenvalue weighted by atomic mass is 10.0. The molecule has 0 fully saturated rings. The molecule has 1 unspecified atom stereocenters. The summed E-state index contributed by atoms with van der Waals surface area (Å²) >= 11 is 9.36. The van der Waals surface area contributed by atoms with Crippen molar-refractivity contribution in [3.8, 4) is 0 Å². The van der Waals surface area contributed by atoms with Gasteiger partial charge in [-0.05, 0) is 35.9 Å². The summed E-state index contributed by atoms with van der Waals surface area (Å²) in [5.41, 5.74) is 2.45. The Morgan fingerprint density at radius 1 is 1.10 bits per heavy atom. The van der Waals surface area contributed by atoms with Crippen molar-refractivity contribution in [2.75, 3.05) is 0 Å². The zero-order valence-electron chi connectivity index (χ0n) is 10.2. The number of nitrogens with one attached hydrogen (secondary N) is 2. The van der Waals surface area contributed by atoms with E-state index in [9.17, 15) is 9.90 Å². The number of benzene rings is 2. The molecule has 102 valence electrons. The zero-order chi connectivity index (χ0) is 14.3. The van der Waals surface area contributed by atoms with E-state index in [1.807, 2.05) is 0 Å². The second-order valence-corrected chi connectivity index (χ2v) is 5.74. The van der Waals surface area contributed by atoms with Crippen molar-refractivity contribution in [3.05, 3.63) is 67.5 Å². The maximum Gasteiger partial charge on any atom is 0.323 e. The summed E-state index contributed by atoms with van der Waals surface area (Å²) in [6.45, 7) is 0. The number of aliphatic hydroxyl groups excluding tert-OH is 1. The van der Waals surface area contributed by atoms with E-state index >= 15 is 0 Å². The lowest BCUT2D eigenvalue weighted by Gasteiger charge is -2.13. The van der Waals surface area contributed by atoms with Gasteiger partial charge in [-0.15, -0.1) is 0 Å². The van der Waals surface area contributed by atoms with Gasteiger partial charge in [-0.2, -0.15) is 0 Å². The highest BCUT2D eigenvalue weighted by molar-refractivity contribution is 9.10. The van der Waals surface area contributed by atoms with E-state index < -0.39 is 6.10 Å². The van der Waals surface area contributed by atoms with Gasteiger partial charge in [0.15, 0.2) is 0 Å². The first kappa shape index (κ1) is 13.4. The minimum atomic E-state index is -0.828. The Hall–Kier alpha value is -1.56. The van der Waals surface area contributed by atoms with Gasteiger partial charge in [0.2, 0.25) is 0 Å². The number of fused-ring (bicyclic) bond motifs is 1. The third-order valence-corrected chi connectivity index (χ3v) is 4.07. The van der Waals surface area contributed by atoms with Gasteiger partial charge in [-0.25, -0.2) is 4.79 Å². The van der Waals surface area contributed by atoms with Gasteiger partial charge in [-0.3, -0.25) is 0 Å². The molecule has 1 aromatic heterocycles. The molecule has 3 N–H and O–H groups in total. The molecule has 0 spiro atoms. The number of aliphatic hydroxyl groups is 1. The van der Waals surface area contributed by atoms with Crippen LogP contribution in [0, 0.1) is 0 Å². The van der Waals surface area contributed by atoms with E-state index in [2.05, 4.69) is 25.9 Å². The molecule has 2 aromatic carbocycles. The van der Waals surface area contributed by atoms with E-state index in [-0.39, 0.29) is 5.69 Å². The molecule has 6 heteroatoms. The third-order valence-electron chi connectivity index (χ3n) is 3.11. The van der Waals surface area contributed by atoms with Crippen LogP contribution in [0.2, 0.25) is 5.02 Å². The van der Waals surface area contributed by atoms with Gasteiger partial charge in [0.1, 0.15) is 6.10 Å². The highest BCUT2D eigenvalue weighted by Crippen LogP contribution is 2.31. The van der Waals surface area contributed by atoms with Crippen LogP contribution in [0.4, 0.5) is 0 Å². The molecule has 0 aliphatic heterocycles. The number of rotatable bonds is 2. The summed E-state index contributed by atoms with van der Waals surface area (Å²) in [5.74, 6) is 0. The van der Waals surface area contributed by atoms with Crippen LogP contribution in [0.15, 0.2) is 45.7 Å². The van der Waals surface area contributed by atoms with Crippen molar-refractivity contribution in [1.29, 1.82) is 0 Å². The van der Waals surface area contributed by atoms with Crippen LogP contribution in [0.1, 0.15) is 17.2 Å². The van der Waals surface area contributed by atoms with Crippen molar-refractivity contribution in [2.24, 2.45) is 0 Å². The molecule has 3 rings (SSSR count). The molecule has 0 saturated heterocycles. The summed E-state index contributed by atoms with van der Waals surface area (Å²) < 4.78 is 0.775. The number of H-pyrrole nitrogens is 2. The second-order valence-electron chi connectivity index (χ2n) is 4.45. The lowest BCUT2D eigenvalue weighted by Crippen LogP contribution is -2.01. The summed E-state index contributed by atoms with van der Waals surface area (Å²) in [7, 11) is 0. The van der Waals surface area contributed by atoms with Crippen LogP contribution < -0.4 is 5.69 Å². The molecular formula is C14H10BrClN2O2. The number of aromatic amines is 2. The zero-order valence-corrected chi connectivity index (χ0v) is 12.5. The largest absolute Gasteiger partial charge is 0.384 e. The molecule has 20 heavy (non-hydrogen) atoms. The van der Waals surface area contributed by atoms with Gasteiger partial charge in [0, 0.05) is 15.1 Å². The SMILES string of the molecule is O=c1[nH]c2ccc(C(O)c3cc(Cl)ccc3Br)cc2[nH]1. The maximum absolute atomic E-state index is 11.2. The lowest BCUT2D eigenvalue weighted by molar-refractivity contribution is 0.219. The predicted octanol–water partition coefficient (Wildman–Crippen LogP) is 3.35. The highest BCUT2D eigenvalue weighted by Gasteiger charge is 2.15. The predicted molar refractivity (Wildman–Crippen MR) is 82.1 cm³/mol. The summed E-state index contributed by atoms with van der Waals surface area (Å²) in [6, 6.07) is 10.5. The fourth-order valence-electron chi connectivity index (χ4n) is 2.12. The van der Waals surface area contributed by atoms with Crippen LogP contribution in [-0.4, -0.2) is 15.1 Å². The number of aromatic nitrogens is 2. The third kappa shape index (κ3) is 2.40. The summed E-state index contributed by atoms with van der Waals surface area (Å²) in [4.78, 5) is 16.6. The Morgan fingerprint density at radius 3 is 2.65 bits per heavy atom. The summed E-state index contributed by atoms with van der Waals surface area (Å²) in [5, 5.41) is 11.0. The molecule has 1 atom stereocenters. The fourth-order valence-corrected chi connectivity index (χ4v) is 2.77. The van der Waals surface area contributed by atoms with Crippen molar-refractivity contribution in [2.45, 2.75) is 6.10 Å². The maximum atomic E-state index is 11.2. The van der Waals surface area contributed by atoms with Gasteiger partial charge in [0.05, 0.1) is 11.0 Å². The number of hydrogen-bond acceptors (Lipinski definition) is 2. The average molecular weight is 354 g/mol. The topological polar surface area (TPSA) is 68.9 Å². The van der Waals surface area contributed by atoms with Crippen LogP contribution >= 0.6 is 27.5 Å². The van der Waals surface area contributed by atoms with E-state index in [0.29, 0.717) is 27.2 Å². The molecule has 0 amide bonds. The molecule has 1 heterocycles.